The largest absolute Gasteiger partial charge is 0.331 e. The summed E-state index contributed by atoms with van der Waals surface area (Å²) in [6.07, 6.45) is 5.72. The Labute approximate surface area is 309 Å². The van der Waals surface area contributed by atoms with Gasteiger partial charge < -0.3 is 9.47 Å². The first-order chi connectivity index (χ1) is 26.1. The molecule has 1 aliphatic heterocycles. The van der Waals surface area contributed by atoms with Crippen molar-refractivity contribution in [3.63, 3.8) is 0 Å². The third-order valence-corrected chi connectivity index (χ3v) is 11.2. The number of nitriles is 1. The second kappa shape index (κ2) is 12.1. The summed E-state index contributed by atoms with van der Waals surface area (Å²) in [6.45, 7) is 2.40. The van der Waals surface area contributed by atoms with Crippen molar-refractivity contribution >= 4 is 44.3 Å². The molecule has 0 bridgehead atoms. The lowest BCUT2D eigenvalue weighted by Gasteiger charge is -2.40. The molecule has 10 rings (SSSR count). The van der Waals surface area contributed by atoms with Gasteiger partial charge >= 0.3 is 0 Å². The van der Waals surface area contributed by atoms with Crippen molar-refractivity contribution in [1.82, 2.24) is 4.57 Å². The number of anilines is 2. The second-order valence-corrected chi connectivity index (χ2v) is 14.3. The van der Waals surface area contributed by atoms with E-state index in [1.54, 1.807) is 0 Å². The number of nitrogens with zero attached hydrogens (tertiary/aromatic N) is 3. The Morgan fingerprint density at radius 3 is 1.98 bits per heavy atom. The Kier molecular flexibility index (Phi) is 7.06. The van der Waals surface area contributed by atoms with Crippen molar-refractivity contribution < 1.29 is 0 Å². The highest BCUT2D eigenvalue weighted by molar-refractivity contribution is 6.11. The number of allylic oxidation sites excluding steroid dienone is 2. The molecule has 0 spiro atoms. The lowest BCUT2D eigenvalue weighted by Crippen LogP contribution is -2.40. The Hall–Kier alpha value is -6.89. The molecular weight excluding hydrogens is 643 g/mol. The zero-order valence-corrected chi connectivity index (χ0v) is 29.4. The normalized spacial score (nSPS) is 16.2. The maximum atomic E-state index is 9.64. The van der Waals surface area contributed by atoms with Crippen LogP contribution in [0.5, 0.6) is 0 Å². The van der Waals surface area contributed by atoms with Crippen molar-refractivity contribution in [3.8, 4) is 34.0 Å². The van der Waals surface area contributed by atoms with Gasteiger partial charge in [-0.2, -0.15) is 5.26 Å². The van der Waals surface area contributed by atoms with E-state index in [0.717, 1.165) is 23.1 Å². The van der Waals surface area contributed by atoms with E-state index in [1.807, 2.05) is 18.2 Å². The Bertz CT molecular complexity index is 2780. The number of aromatic nitrogens is 1. The molecule has 2 heterocycles. The van der Waals surface area contributed by atoms with E-state index >= 15 is 0 Å². The molecule has 53 heavy (non-hydrogen) atoms. The summed E-state index contributed by atoms with van der Waals surface area (Å²) in [4.78, 5) is 2.58. The first kappa shape index (κ1) is 30.9. The number of benzene rings is 7. The van der Waals surface area contributed by atoms with Crippen molar-refractivity contribution in [2.75, 3.05) is 4.90 Å². The minimum absolute atomic E-state index is 0.275. The summed E-state index contributed by atoms with van der Waals surface area (Å²) in [6, 6.07) is 63.0. The fourth-order valence-corrected chi connectivity index (χ4v) is 8.64. The van der Waals surface area contributed by atoms with Crippen LogP contribution in [-0.4, -0.2) is 10.1 Å². The van der Waals surface area contributed by atoms with Crippen LogP contribution in [0.15, 0.2) is 182 Å². The number of fused-ring (bicyclic) bond motifs is 6. The van der Waals surface area contributed by atoms with Gasteiger partial charge in [0.05, 0.1) is 28.2 Å². The molecule has 0 saturated carbocycles. The fourth-order valence-electron chi connectivity index (χ4n) is 8.64. The van der Waals surface area contributed by atoms with Gasteiger partial charge in [-0.25, -0.2) is 0 Å². The Morgan fingerprint density at radius 1 is 0.547 bits per heavy atom. The summed E-state index contributed by atoms with van der Waals surface area (Å²) in [7, 11) is 0. The molecule has 1 aromatic heterocycles. The molecule has 0 radical (unpaired) electrons. The second-order valence-electron chi connectivity index (χ2n) is 14.3. The highest BCUT2D eigenvalue weighted by Gasteiger charge is 2.45. The van der Waals surface area contributed by atoms with Gasteiger partial charge in [0, 0.05) is 33.4 Å². The van der Waals surface area contributed by atoms with Crippen molar-refractivity contribution in [1.29, 1.82) is 5.26 Å². The zero-order valence-electron chi connectivity index (χ0n) is 29.4. The first-order valence-electron chi connectivity index (χ1n) is 18.2. The molecule has 250 valence electrons. The predicted octanol–water partition coefficient (Wildman–Crippen LogP) is 12.8. The van der Waals surface area contributed by atoms with Gasteiger partial charge in [0.1, 0.15) is 0 Å². The minimum Gasteiger partial charge on any atom is -0.331 e. The standard InChI is InChI=1S/C50H35N3/c1-50-26-25-38(37-23-24-48-45(31-37)43-19-8-10-21-47(43)52(48)41-18-12-13-34(27-41)33-51)32-46(50)44-20-9-11-22-49(44)53(50)42-29-39(35-14-4-2-5-15-35)28-40(30-42)36-16-6-3-7-17-36/h2-25,27-32H,26H2,1H3. The lowest BCUT2D eigenvalue weighted by atomic mass is 9.79. The molecule has 8 aromatic rings. The third kappa shape index (κ3) is 4.95. The molecule has 1 unspecified atom stereocenters. The van der Waals surface area contributed by atoms with E-state index in [-0.39, 0.29) is 5.54 Å². The van der Waals surface area contributed by atoms with E-state index in [1.165, 1.54) is 66.7 Å². The maximum Gasteiger partial charge on any atom is 0.0992 e. The lowest BCUT2D eigenvalue weighted by molar-refractivity contribution is 0.608. The molecule has 3 nitrogen and oxygen atoms in total. The summed E-state index contributed by atoms with van der Waals surface area (Å²) < 4.78 is 2.28. The Morgan fingerprint density at radius 2 is 1.23 bits per heavy atom. The number of hydrogen-bond donors (Lipinski definition) is 0. The first-order valence-corrected chi connectivity index (χ1v) is 18.2. The minimum atomic E-state index is -0.275. The summed E-state index contributed by atoms with van der Waals surface area (Å²) in [5.74, 6) is 0. The summed E-state index contributed by atoms with van der Waals surface area (Å²) >= 11 is 0. The van der Waals surface area contributed by atoms with Crippen molar-refractivity contribution in [2.24, 2.45) is 0 Å². The van der Waals surface area contributed by atoms with Crippen molar-refractivity contribution in [2.45, 2.75) is 18.9 Å². The van der Waals surface area contributed by atoms with Crippen LogP contribution in [0.3, 0.4) is 0 Å². The van der Waals surface area contributed by atoms with Crippen LogP contribution in [0.25, 0.3) is 60.9 Å². The van der Waals surface area contributed by atoms with Gasteiger partial charge in [-0.15, -0.1) is 0 Å². The molecule has 7 aromatic carbocycles. The molecular formula is C50H35N3. The number of para-hydroxylation sites is 2. The maximum absolute atomic E-state index is 9.64. The van der Waals surface area contributed by atoms with Crippen LogP contribution < -0.4 is 4.90 Å². The smallest absolute Gasteiger partial charge is 0.0992 e. The molecule has 1 aliphatic carbocycles. The van der Waals surface area contributed by atoms with E-state index in [0.29, 0.717) is 5.56 Å². The molecule has 2 aliphatic rings. The molecule has 0 saturated heterocycles. The summed E-state index contributed by atoms with van der Waals surface area (Å²) in [5.41, 5.74) is 15.9. The molecule has 1 atom stereocenters. The topological polar surface area (TPSA) is 32.0 Å². The van der Waals surface area contributed by atoms with Crippen molar-refractivity contribution in [3.05, 3.63) is 199 Å². The van der Waals surface area contributed by atoms with E-state index in [2.05, 4.69) is 186 Å². The third-order valence-electron chi connectivity index (χ3n) is 11.2. The van der Waals surface area contributed by atoms with Crippen LogP contribution >= 0.6 is 0 Å². The summed E-state index contributed by atoms with van der Waals surface area (Å²) in [5, 5.41) is 12.0. The van der Waals surface area contributed by atoms with Gasteiger partial charge in [-0.1, -0.05) is 115 Å². The van der Waals surface area contributed by atoms with Gasteiger partial charge in [-0.3, -0.25) is 0 Å². The van der Waals surface area contributed by atoms with Gasteiger partial charge in [0.15, 0.2) is 0 Å². The quantitative estimate of drug-likeness (QED) is 0.182. The fraction of sp³-hybridized carbons (Fsp3) is 0.0600. The highest BCUT2D eigenvalue weighted by Crippen LogP contribution is 2.56. The average molecular weight is 678 g/mol. The van der Waals surface area contributed by atoms with Crippen LogP contribution in [0.1, 0.15) is 30.0 Å². The highest BCUT2D eigenvalue weighted by atomic mass is 15.2. The monoisotopic (exact) mass is 677 g/mol. The SMILES string of the molecule is CC12CC=C(c3ccc4c(c3)c3ccccc3n4-c3cccc(C#N)c3)C=C1c1ccccc1N2c1cc(-c2ccccc2)cc(-c2ccccc2)c1. The number of hydrogen-bond acceptors (Lipinski definition) is 2. The van der Waals surface area contributed by atoms with E-state index in [4.69, 9.17) is 0 Å². The van der Waals surface area contributed by atoms with E-state index < -0.39 is 0 Å². The molecule has 3 heteroatoms. The molecule has 0 amide bonds. The number of rotatable bonds is 5. The molecule has 0 fully saturated rings. The van der Waals surface area contributed by atoms with Crippen LogP contribution in [0.2, 0.25) is 0 Å². The predicted molar refractivity (Wildman–Crippen MR) is 220 cm³/mol. The average Bonchev–Trinajstić information content (AvgIpc) is 3.69. The van der Waals surface area contributed by atoms with Gasteiger partial charge in [0.2, 0.25) is 0 Å². The van der Waals surface area contributed by atoms with Crippen LogP contribution in [0, 0.1) is 11.3 Å². The zero-order chi connectivity index (χ0) is 35.5. The molecule has 0 N–H and O–H groups in total. The van der Waals surface area contributed by atoms with Crippen LogP contribution in [-0.2, 0) is 0 Å². The van der Waals surface area contributed by atoms with Gasteiger partial charge in [0.25, 0.3) is 0 Å². The van der Waals surface area contributed by atoms with Gasteiger partial charge in [-0.05, 0) is 119 Å². The van der Waals surface area contributed by atoms with Crippen LogP contribution in [0.4, 0.5) is 11.4 Å². The van der Waals surface area contributed by atoms with E-state index in [9.17, 15) is 5.26 Å². The Balaban J connectivity index is 1.10.